The van der Waals surface area contributed by atoms with Gasteiger partial charge < -0.3 is 5.32 Å². The molecule has 0 radical (unpaired) electrons. The number of nitrogens with one attached hydrogen (secondary N) is 1. The Kier molecular flexibility index (Phi) is 4.77. The highest BCUT2D eigenvalue weighted by atomic mass is 32.2. The number of fused-ring (bicyclic) bond motifs is 1. The van der Waals surface area contributed by atoms with Crippen LogP contribution in [0.25, 0.3) is 16.9 Å². The van der Waals surface area contributed by atoms with Gasteiger partial charge in [0.2, 0.25) is 0 Å². The Balaban J connectivity index is 1.83. The van der Waals surface area contributed by atoms with Crippen molar-refractivity contribution in [2.45, 2.75) is 11.6 Å². The van der Waals surface area contributed by atoms with Crippen LogP contribution >= 0.6 is 11.8 Å². The van der Waals surface area contributed by atoms with Crippen LogP contribution in [-0.4, -0.2) is 20.9 Å². The van der Waals surface area contributed by atoms with Crippen LogP contribution in [0.15, 0.2) is 71.8 Å². The Morgan fingerprint density at radius 3 is 2.44 bits per heavy atom. The highest BCUT2D eigenvalue weighted by Crippen LogP contribution is 2.29. The van der Waals surface area contributed by atoms with Crippen molar-refractivity contribution in [3.63, 3.8) is 0 Å². The maximum Gasteiger partial charge on any atom is 0.159 e. The van der Waals surface area contributed by atoms with E-state index in [0.29, 0.717) is 28.6 Å². The molecule has 5 nitrogen and oxygen atoms in total. The fourth-order valence-corrected chi connectivity index (χ4v) is 3.46. The van der Waals surface area contributed by atoms with Crippen LogP contribution in [-0.2, 0) is 6.54 Å². The Bertz CT molecular complexity index is 1110. The molecular formula is C21H17N5S. The predicted molar refractivity (Wildman–Crippen MR) is 109 cm³/mol. The van der Waals surface area contributed by atoms with Crippen molar-refractivity contribution in [3.05, 3.63) is 77.9 Å². The molecule has 6 heteroatoms. The van der Waals surface area contributed by atoms with Gasteiger partial charge in [-0.2, -0.15) is 14.9 Å². The summed E-state index contributed by atoms with van der Waals surface area (Å²) in [7, 11) is 0. The molecular weight excluding hydrogens is 354 g/mol. The molecule has 0 fully saturated rings. The quantitative estimate of drug-likeness (QED) is 0.410. The fourth-order valence-electron chi connectivity index (χ4n) is 2.93. The molecule has 0 unspecified atom stereocenters. The summed E-state index contributed by atoms with van der Waals surface area (Å²) in [6, 6.07) is 24.3. The summed E-state index contributed by atoms with van der Waals surface area (Å²) in [6.45, 7) is 0.600. The molecule has 0 bridgehead atoms. The number of nitriles is 1. The summed E-state index contributed by atoms with van der Waals surface area (Å²) in [5.41, 5.74) is 4.20. The van der Waals surface area contributed by atoms with Gasteiger partial charge in [-0.3, -0.25) is 0 Å². The van der Waals surface area contributed by atoms with E-state index in [2.05, 4.69) is 16.4 Å². The molecule has 0 atom stereocenters. The number of hydrogen-bond acceptors (Lipinski definition) is 5. The van der Waals surface area contributed by atoms with Crippen molar-refractivity contribution in [2.24, 2.45) is 0 Å². The lowest BCUT2D eigenvalue weighted by Gasteiger charge is -2.12. The van der Waals surface area contributed by atoms with E-state index < -0.39 is 0 Å². The standard InChI is InChI=1S/C21H17N5S/c1-27-21-17(13-22)20(23-14-15-8-4-2-5-9-15)26-19(24-21)12-18(25-26)16-10-6-3-7-11-16/h2-12,23H,14H2,1H3. The van der Waals surface area contributed by atoms with Gasteiger partial charge in [-0.1, -0.05) is 60.7 Å². The summed E-state index contributed by atoms with van der Waals surface area (Å²) < 4.78 is 1.73. The largest absolute Gasteiger partial charge is 0.365 e. The number of nitrogens with zero attached hydrogens (tertiary/aromatic N) is 4. The Labute approximate surface area is 161 Å². The van der Waals surface area contributed by atoms with Crippen LogP contribution in [0.2, 0.25) is 0 Å². The molecule has 0 aliphatic rings. The third-order valence-corrected chi connectivity index (χ3v) is 4.93. The molecule has 0 saturated carbocycles. The van der Waals surface area contributed by atoms with Crippen LogP contribution in [0.1, 0.15) is 11.1 Å². The van der Waals surface area contributed by atoms with Crippen molar-refractivity contribution in [2.75, 3.05) is 11.6 Å². The second-order valence-corrected chi connectivity index (χ2v) is 6.76. The van der Waals surface area contributed by atoms with E-state index in [1.54, 1.807) is 4.52 Å². The first-order valence-electron chi connectivity index (χ1n) is 8.51. The molecule has 4 rings (SSSR count). The molecule has 2 aromatic heterocycles. The van der Waals surface area contributed by atoms with E-state index in [1.165, 1.54) is 11.8 Å². The zero-order valence-corrected chi connectivity index (χ0v) is 15.6. The van der Waals surface area contributed by atoms with Gasteiger partial charge in [-0.15, -0.1) is 11.8 Å². The second kappa shape index (κ2) is 7.52. The summed E-state index contributed by atoms with van der Waals surface area (Å²) in [4.78, 5) is 4.63. The van der Waals surface area contributed by atoms with E-state index in [4.69, 9.17) is 5.10 Å². The zero-order chi connectivity index (χ0) is 18.6. The smallest absolute Gasteiger partial charge is 0.159 e. The number of rotatable bonds is 5. The minimum atomic E-state index is 0.508. The maximum atomic E-state index is 9.73. The number of thioether (sulfide) groups is 1. The molecule has 4 aromatic rings. The minimum Gasteiger partial charge on any atom is -0.365 e. The first-order chi connectivity index (χ1) is 13.3. The lowest BCUT2D eigenvalue weighted by molar-refractivity contribution is 0.900. The van der Waals surface area contributed by atoms with Crippen molar-refractivity contribution >= 4 is 23.2 Å². The first kappa shape index (κ1) is 17.1. The number of hydrogen-bond donors (Lipinski definition) is 1. The zero-order valence-electron chi connectivity index (χ0n) is 14.8. The van der Waals surface area contributed by atoms with Gasteiger partial charge in [0.1, 0.15) is 16.7 Å². The highest BCUT2D eigenvalue weighted by molar-refractivity contribution is 7.98. The molecule has 0 spiro atoms. The molecule has 27 heavy (non-hydrogen) atoms. The summed E-state index contributed by atoms with van der Waals surface area (Å²) in [5, 5.41) is 18.5. The van der Waals surface area contributed by atoms with Crippen molar-refractivity contribution < 1.29 is 0 Å². The third-order valence-electron chi connectivity index (χ3n) is 4.25. The van der Waals surface area contributed by atoms with Crippen LogP contribution in [0.3, 0.4) is 0 Å². The fraction of sp³-hybridized carbons (Fsp3) is 0.0952. The molecule has 2 heterocycles. The predicted octanol–water partition coefficient (Wildman–Crippen LogP) is 4.60. The summed E-state index contributed by atoms with van der Waals surface area (Å²) in [6.07, 6.45) is 1.93. The van der Waals surface area contributed by atoms with Crippen molar-refractivity contribution in [3.8, 4) is 17.3 Å². The van der Waals surface area contributed by atoms with Gasteiger partial charge in [-0.25, -0.2) is 4.98 Å². The second-order valence-electron chi connectivity index (χ2n) is 5.96. The molecule has 132 valence electrons. The minimum absolute atomic E-state index is 0.508. The van der Waals surface area contributed by atoms with E-state index in [-0.39, 0.29) is 0 Å². The Morgan fingerprint density at radius 1 is 1.07 bits per heavy atom. The molecule has 0 amide bonds. The van der Waals surface area contributed by atoms with Crippen molar-refractivity contribution in [1.29, 1.82) is 5.26 Å². The average Bonchev–Trinajstić information content (AvgIpc) is 3.16. The lowest BCUT2D eigenvalue weighted by atomic mass is 10.2. The summed E-state index contributed by atoms with van der Waals surface area (Å²) >= 11 is 1.46. The van der Waals surface area contributed by atoms with E-state index in [0.717, 1.165) is 16.8 Å². The van der Waals surface area contributed by atoms with Crippen LogP contribution in [0.5, 0.6) is 0 Å². The van der Waals surface area contributed by atoms with Gasteiger partial charge in [0, 0.05) is 18.2 Å². The van der Waals surface area contributed by atoms with Gasteiger partial charge >= 0.3 is 0 Å². The number of anilines is 1. The van der Waals surface area contributed by atoms with Crippen LogP contribution in [0.4, 0.5) is 5.82 Å². The number of aromatic nitrogens is 3. The van der Waals surface area contributed by atoms with E-state index in [9.17, 15) is 5.26 Å². The van der Waals surface area contributed by atoms with Crippen LogP contribution in [0, 0.1) is 11.3 Å². The Hall–Kier alpha value is -3.30. The van der Waals surface area contributed by atoms with Gasteiger partial charge in [-0.05, 0) is 11.8 Å². The average molecular weight is 371 g/mol. The monoisotopic (exact) mass is 371 g/mol. The normalized spacial score (nSPS) is 10.7. The molecule has 2 aromatic carbocycles. The first-order valence-corrected chi connectivity index (χ1v) is 9.73. The SMILES string of the molecule is CSc1nc2cc(-c3ccccc3)nn2c(NCc2ccccc2)c1C#N. The van der Waals surface area contributed by atoms with E-state index >= 15 is 0 Å². The Morgan fingerprint density at radius 2 is 1.78 bits per heavy atom. The molecule has 0 saturated heterocycles. The molecule has 1 N–H and O–H groups in total. The van der Waals surface area contributed by atoms with Gasteiger partial charge in [0.15, 0.2) is 11.5 Å². The lowest BCUT2D eigenvalue weighted by Crippen LogP contribution is -2.09. The number of benzene rings is 2. The highest BCUT2D eigenvalue weighted by Gasteiger charge is 2.17. The maximum absolute atomic E-state index is 9.73. The third kappa shape index (κ3) is 3.37. The van der Waals surface area contributed by atoms with Gasteiger partial charge in [0.05, 0.1) is 5.69 Å². The van der Waals surface area contributed by atoms with E-state index in [1.807, 2.05) is 73.0 Å². The van der Waals surface area contributed by atoms with Gasteiger partial charge in [0.25, 0.3) is 0 Å². The van der Waals surface area contributed by atoms with Crippen molar-refractivity contribution in [1.82, 2.24) is 14.6 Å². The summed E-state index contributed by atoms with van der Waals surface area (Å²) in [5.74, 6) is 0.665. The topological polar surface area (TPSA) is 66.0 Å². The van der Waals surface area contributed by atoms with Crippen LogP contribution < -0.4 is 5.32 Å². The molecule has 0 aliphatic heterocycles. The molecule has 0 aliphatic carbocycles.